The molecule has 0 aliphatic rings. The van der Waals surface area contributed by atoms with Crippen LogP contribution in [0.5, 0.6) is 0 Å². The highest BCUT2D eigenvalue weighted by Crippen LogP contribution is 2.49. The highest BCUT2D eigenvalue weighted by atomic mass is 16.3. The lowest BCUT2D eigenvalue weighted by atomic mass is 9.83. The number of furan rings is 2. The Morgan fingerprint density at radius 1 is 0.310 bits per heavy atom. The Kier molecular flexibility index (Phi) is 5.08. The summed E-state index contributed by atoms with van der Waals surface area (Å²) in [4.78, 5) is 0. The normalized spacial score (nSPS) is 14.1. The van der Waals surface area contributed by atoms with Crippen molar-refractivity contribution in [3.8, 4) is 33.4 Å². The van der Waals surface area contributed by atoms with Crippen LogP contribution in [0.15, 0.2) is 203 Å². The molecule has 268 valence electrons. The molecule has 0 saturated carbocycles. The van der Waals surface area contributed by atoms with E-state index >= 15 is 0 Å². The predicted octanol–water partition coefficient (Wildman–Crippen LogP) is 16.3. The van der Waals surface area contributed by atoms with E-state index in [1.54, 1.807) is 6.07 Å². The first kappa shape index (κ1) is 24.8. The van der Waals surface area contributed by atoms with Crippen LogP contribution in [0.4, 0.5) is 0 Å². The maximum Gasteiger partial charge on any atom is 0.136 e. The Hall–Kier alpha value is -7.68. The maximum atomic E-state index is 9.69. The molecule has 58 heavy (non-hydrogen) atoms. The SMILES string of the molecule is [2H]c1c([2H])c([2H])c2c(-c3cccc4oc5cc6c(cc5c34)oc3ccccc36)c3c([2H])c([2H])c([2H])c([2H])c3c(-c3ccc(-c4ccc5ccc6ccccc6c5c4)c4ccccc34)c2c1[2H]. The van der Waals surface area contributed by atoms with E-state index in [9.17, 15) is 5.48 Å². The van der Waals surface area contributed by atoms with Gasteiger partial charge in [-0.3, -0.25) is 0 Å². The van der Waals surface area contributed by atoms with Crippen LogP contribution in [-0.2, 0) is 0 Å². The first-order chi connectivity index (χ1) is 32.1. The van der Waals surface area contributed by atoms with Gasteiger partial charge in [0.2, 0.25) is 0 Å². The van der Waals surface area contributed by atoms with Crippen molar-refractivity contribution in [1.82, 2.24) is 0 Å². The minimum absolute atomic E-state index is 0.134. The van der Waals surface area contributed by atoms with Crippen molar-refractivity contribution in [2.24, 2.45) is 0 Å². The van der Waals surface area contributed by atoms with Crippen molar-refractivity contribution < 1.29 is 19.8 Å². The second-order valence-corrected chi connectivity index (χ2v) is 14.9. The van der Waals surface area contributed by atoms with E-state index < -0.39 is 24.2 Å². The van der Waals surface area contributed by atoms with Crippen LogP contribution >= 0.6 is 0 Å². The van der Waals surface area contributed by atoms with Crippen molar-refractivity contribution in [3.63, 3.8) is 0 Å². The second-order valence-electron chi connectivity index (χ2n) is 14.9. The lowest BCUT2D eigenvalue weighted by molar-refractivity contribution is 0.664. The number of hydrogen-bond donors (Lipinski definition) is 0. The molecule has 0 amide bonds. The maximum absolute atomic E-state index is 9.69. The van der Waals surface area contributed by atoms with Gasteiger partial charge >= 0.3 is 0 Å². The molecule has 13 aromatic rings. The van der Waals surface area contributed by atoms with Crippen molar-refractivity contribution in [1.29, 1.82) is 0 Å². The van der Waals surface area contributed by atoms with Gasteiger partial charge in [0, 0.05) is 21.5 Å². The Labute approximate surface area is 344 Å². The summed E-state index contributed by atoms with van der Waals surface area (Å²) >= 11 is 0. The molecular formula is C56H32O2. The number of benzene rings is 11. The highest BCUT2D eigenvalue weighted by molar-refractivity contribution is 6.28. The zero-order chi connectivity index (χ0) is 44.9. The van der Waals surface area contributed by atoms with Crippen molar-refractivity contribution in [2.45, 2.75) is 0 Å². The van der Waals surface area contributed by atoms with Gasteiger partial charge in [-0.05, 0) is 118 Å². The number of para-hydroxylation sites is 1. The van der Waals surface area contributed by atoms with E-state index in [-0.39, 0.29) is 51.3 Å². The molecule has 0 aliphatic carbocycles. The molecule has 0 spiro atoms. The molecule has 11 aromatic carbocycles. The molecule has 0 saturated heterocycles. The average Bonchev–Trinajstić information content (AvgIpc) is 3.91. The van der Waals surface area contributed by atoms with Crippen LogP contribution in [0, 0.1) is 0 Å². The van der Waals surface area contributed by atoms with E-state index in [2.05, 4.69) is 42.5 Å². The minimum Gasteiger partial charge on any atom is -0.456 e. The van der Waals surface area contributed by atoms with Gasteiger partial charge in [-0.25, -0.2) is 0 Å². The van der Waals surface area contributed by atoms with Gasteiger partial charge in [0.25, 0.3) is 0 Å². The molecule has 2 aromatic heterocycles. The van der Waals surface area contributed by atoms with Crippen LogP contribution in [0.2, 0.25) is 0 Å². The Bertz CT molecular complexity index is 4260. The third-order valence-corrected chi connectivity index (χ3v) is 11.9. The fourth-order valence-corrected chi connectivity index (χ4v) is 9.35. The lowest BCUT2D eigenvalue weighted by Gasteiger charge is -2.20. The largest absolute Gasteiger partial charge is 0.456 e. The van der Waals surface area contributed by atoms with Crippen molar-refractivity contribution in [3.05, 3.63) is 194 Å². The van der Waals surface area contributed by atoms with Crippen molar-refractivity contribution in [2.75, 3.05) is 0 Å². The first-order valence-electron chi connectivity index (χ1n) is 23.3. The molecule has 13 rings (SSSR count). The second kappa shape index (κ2) is 11.9. The Balaban J connectivity index is 1.18. The summed E-state index contributed by atoms with van der Waals surface area (Å²) in [6.45, 7) is 0. The predicted molar refractivity (Wildman–Crippen MR) is 245 cm³/mol. The van der Waals surface area contributed by atoms with Gasteiger partial charge in [-0.15, -0.1) is 0 Å². The van der Waals surface area contributed by atoms with E-state index in [0.717, 1.165) is 59.8 Å². The number of fused-ring (bicyclic) bond motifs is 12. The molecule has 0 unspecified atom stereocenters. The first-order valence-corrected chi connectivity index (χ1v) is 19.3. The molecular weight excluding hydrogens is 705 g/mol. The van der Waals surface area contributed by atoms with Gasteiger partial charge in [0.15, 0.2) is 0 Å². The lowest BCUT2D eigenvalue weighted by Crippen LogP contribution is -1.93. The third kappa shape index (κ3) is 4.43. The number of rotatable bonds is 3. The fourth-order valence-electron chi connectivity index (χ4n) is 9.35. The van der Waals surface area contributed by atoms with E-state index in [1.165, 1.54) is 0 Å². The van der Waals surface area contributed by atoms with Crippen LogP contribution in [-0.4, -0.2) is 0 Å². The average molecular weight is 745 g/mol. The summed E-state index contributed by atoms with van der Waals surface area (Å²) in [6.07, 6.45) is 0. The van der Waals surface area contributed by atoms with Crippen molar-refractivity contribution >= 4 is 97.7 Å². The van der Waals surface area contributed by atoms with Crippen LogP contribution < -0.4 is 0 Å². The zero-order valence-corrected chi connectivity index (χ0v) is 30.7. The van der Waals surface area contributed by atoms with Gasteiger partial charge in [-0.2, -0.15) is 0 Å². The molecule has 0 radical (unpaired) electrons. The minimum atomic E-state index is -0.461. The topological polar surface area (TPSA) is 26.3 Å². The molecule has 2 nitrogen and oxygen atoms in total. The molecule has 0 N–H and O–H groups in total. The zero-order valence-electron chi connectivity index (χ0n) is 38.7. The fraction of sp³-hybridized carbons (Fsp3) is 0. The van der Waals surface area contributed by atoms with E-state index in [4.69, 9.17) is 14.3 Å². The Morgan fingerprint density at radius 2 is 0.845 bits per heavy atom. The van der Waals surface area contributed by atoms with Gasteiger partial charge in [0.1, 0.15) is 22.3 Å². The summed E-state index contributed by atoms with van der Waals surface area (Å²) in [7, 11) is 0. The van der Waals surface area contributed by atoms with Gasteiger partial charge in [0.05, 0.1) is 11.0 Å². The molecule has 0 atom stereocenters. The third-order valence-electron chi connectivity index (χ3n) is 11.9. The van der Waals surface area contributed by atoms with Gasteiger partial charge < -0.3 is 8.83 Å². The summed E-state index contributed by atoms with van der Waals surface area (Å²) < 4.78 is 87.9. The molecule has 0 fully saturated rings. The molecule has 0 bridgehead atoms. The quantitative estimate of drug-likeness (QED) is 0.133. The summed E-state index contributed by atoms with van der Waals surface area (Å²) in [5.74, 6) is 0. The molecule has 2 heterocycles. The van der Waals surface area contributed by atoms with Crippen LogP contribution in [0.25, 0.3) is 131 Å². The monoisotopic (exact) mass is 744 g/mol. The van der Waals surface area contributed by atoms with Gasteiger partial charge in [-0.1, -0.05) is 164 Å². The highest BCUT2D eigenvalue weighted by Gasteiger charge is 2.22. The van der Waals surface area contributed by atoms with Crippen LogP contribution in [0.3, 0.4) is 0 Å². The summed E-state index contributed by atoms with van der Waals surface area (Å²) in [5.41, 5.74) is 5.93. The Morgan fingerprint density at radius 3 is 1.60 bits per heavy atom. The summed E-state index contributed by atoms with van der Waals surface area (Å²) in [6, 6.07) is 44.7. The molecule has 0 aliphatic heterocycles. The van der Waals surface area contributed by atoms with E-state index in [0.29, 0.717) is 44.2 Å². The van der Waals surface area contributed by atoms with E-state index in [1.807, 2.05) is 97.1 Å². The number of hydrogen-bond acceptors (Lipinski definition) is 2. The standard InChI is InChI=1S/C56H32O2/c1-2-13-36-33(12-1)24-25-34-26-27-35(30-47(34)36)37-28-29-45(39-15-4-3-14-38(37)39)54-41-17-5-7-19-43(41)55(44-20-8-6-18-42(44)54)46-21-11-23-51-56(46)49-32-52-48(31-53(49)58-51)40-16-9-10-22-50(40)57-52/h1-32H/i5D,6D,7D,8D,17D,18D,19D,20D. The smallest absolute Gasteiger partial charge is 0.136 e. The molecule has 2 heteroatoms. The summed E-state index contributed by atoms with van der Waals surface area (Å²) in [5, 5.41) is 9.78. The van der Waals surface area contributed by atoms with Crippen LogP contribution in [0.1, 0.15) is 11.0 Å².